The van der Waals surface area contributed by atoms with E-state index in [2.05, 4.69) is 4.74 Å². The Labute approximate surface area is 162 Å². The fourth-order valence-corrected chi connectivity index (χ4v) is 2.87. The van der Waals surface area contributed by atoms with Crippen LogP contribution in [0.5, 0.6) is 11.5 Å². The second-order valence-corrected chi connectivity index (χ2v) is 7.06. The van der Waals surface area contributed by atoms with Gasteiger partial charge in [0, 0.05) is 11.1 Å². The molecule has 0 radical (unpaired) electrons. The molecular weight excluding hydrogens is 392 g/mol. The number of methoxy groups -OCH3 is 2. The molecule has 0 spiro atoms. The zero-order valence-corrected chi connectivity index (χ0v) is 16.2. The highest BCUT2D eigenvalue weighted by molar-refractivity contribution is 7.90. The molecule has 2 rings (SSSR count). The number of carbonyl (C=O) groups is 1. The number of halogens is 1. The van der Waals surface area contributed by atoms with Crippen LogP contribution in [0.15, 0.2) is 53.9 Å². The first-order valence-corrected chi connectivity index (χ1v) is 9.50. The molecule has 0 atom stereocenters. The van der Waals surface area contributed by atoms with Crippen molar-refractivity contribution in [1.82, 2.24) is 0 Å². The van der Waals surface area contributed by atoms with Crippen molar-refractivity contribution in [1.29, 1.82) is 0 Å². The lowest BCUT2D eigenvalue weighted by molar-refractivity contribution is -0.134. The van der Waals surface area contributed by atoms with Crippen LogP contribution in [0.4, 0.5) is 0 Å². The minimum atomic E-state index is -4.00. The molecule has 0 aromatic heterocycles. The van der Waals surface area contributed by atoms with Crippen LogP contribution in [-0.2, 0) is 19.6 Å². The molecule has 0 saturated heterocycles. The van der Waals surface area contributed by atoms with E-state index >= 15 is 0 Å². The van der Waals surface area contributed by atoms with Crippen molar-refractivity contribution in [3.8, 4) is 11.5 Å². The minimum Gasteiger partial charge on any atom is -0.493 e. The average molecular weight is 409 g/mol. The van der Waals surface area contributed by atoms with E-state index in [1.165, 1.54) is 44.6 Å². The summed E-state index contributed by atoms with van der Waals surface area (Å²) in [7, 11) is -1.35. The lowest BCUT2D eigenvalue weighted by Gasteiger charge is -2.09. The van der Waals surface area contributed by atoms with E-state index in [4.69, 9.17) is 20.5 Å². The third-order valence-corrected chi connectivity index (χ3v) is 4.44. The number of carbonyl (C=O) groups excluding carboxylic acids is 1. The Kier molecular flexibility index (Phi) is 7.04. The summed E-state index contributed by atoms with van der Waals surface area (Å²) in [5.74, 6) is -0.289. The molecule has 0 bridgehead atoms. The highest BCUT2D eigenvalue weighted by Crippen LogP contribution is 2.30. The molecule has 0 N–H and O–H groups in total. The first kappa shape index (κ1) is 20.5. The van der Waals surface area contributed by atoms with Gasteiger partial charge >= 0.3 is 16.1 Å². The Bertz CT molecular complexity index is 962. The first-order valence-electron chi connectivity index (χ1n) is 7.65. The Morgan fingerprint density at radius 1 is 0.963 bits per heavy atom. The number of esters is 1. The van der Waals surface area contributed by atoms with Crippen LogP contribution in [0.1, 0.15) is 11.1 Å². The van der Waals surface area contributed by atoms with Gasteiger partial charge in [-0.2, -0.15) is 8.42 Å². The van der Waals surface area contributed by atoms with E-state index in [9.17, 15) is 13.2 Å². The Hall–Kier alpha value is -2.77. The maximum atomic E-state index is 12.2. The molecule has 8 heteroatoms. The zero-order valence-electron chi connectivity index (χ0n) is 14.6. The van der Waals surface area contributed by atoms with E-state index in [1.54, 1.807) is 30.3 Å². The summed E-state index contributed by atoms with van der Waals surface area (Å²) >= 11 is 5.79. The van der Waals surface area contributed by atoms with Gasteiger partial charge in [0.2, 0.25) is 0 Å². The third kappa shape index (κ3) is 6.47. The van der Waals surface area contributed by atoms with Gasteiger partial charge in [0.25, 0.3) is 0 Å². The van der Waals surface area contributed by atoms with Crippen molar-refractivity contribution in [2.75, 3.05) is 14.2 Å². The quantitative estimate of drug-likeness (QED) is 0.392. The van der Waals surface area contributed by atoms with Crippen LogP contribution in [0.3, 0.4) is 0 Å². The Balaban J connectivity index is 2.18. The van der Waals surface area contributed by atoms with Crippen LogP contribution in [0.25, 0.3) is 12.2 Å². The van der Waals surface area contributed by atoms with E-state index in [0.717, 1.165) is 5.41 Å². The Morgan fingerprint density at radius 3 is 2.26 bits per heavy atom. The van der Waals surface area contributed by atoms with Crippen molar-refractivity contribution in [2.45, 2.75) is 0 Å². The predicted molar refractivity (Wildman–Crippen MR) is 104 cm³/mol. The monoisotopic (exact) mass is 408 g/mol. The fourth-order valence-electron chi connectivity index (χ4n) is 1.98. The number of hydrogen-bond acceptors (Lipinski definition) is 6. The first-order chi connectivity index (χ1) is 12.8. The van der Waals surface area contributed by atoms with E-state index < -0.39 is 16.1 Å². The van der Waals surface area contributed by atoms with Crippen LogP contribution in [-0.4, -0.2) is 28.6 Å². The van der Waals surface area contributed by atoms with Gasteiger partial charge in [0.1, 0.15) is 0 Å². The van der Waals surface area contributed by atoms with Crippen molar-refractivity contribution in [2.24, 2.45) is 0 Å². The van der Waals surface area contributed by atoms with E-state index in [-0.39, 0.29) is 11.5 Å². The highest BCUT2D eigenvalue weighted by Gasteiger charge is 2.13. The molecule has 0 fully saturated rings. The van der Waals surface area contributed by atoms with Crippen molar-refractivity contribution < 1.29 is 26.9 Å². The van der Waals surface area contributed by atoms with Gasteiger partial charge in [-0.05, 0) is 47.5 Å². The van der Waals surface area contributed by atoms with Gasteiger partial charge in [-0.1, -0.05) is 29.8 Å². The zero-order chi connectivity index (χ0) is 19.9. The summed E-state index contributed by atoms with van der Waals surface area (Å²) in [6.07, 6.45) is 4.14. The third-order valence-electron chi connectivity index (χ3n) is 3.30. The topological polar surface area (TPSA) is 78.9 Å². The van der Waals surface area contributed by atoms with Crippen LogP contribution in [0, 0.1) is 0 Å². The molecule has 0 saturated carbocycles. The summed E-state index contributed by atoms with van der Waals surface area (Å²) in [5.41, 5.74) is 1.26. The molecule has 2 aromatic carbocycles. The molecule has 6 nitrogen and oxygen atoms in total. The molecule has 27 heavy (non-hydrogen) atoms. The Morgan fingerprint density at radius 2 is 1.63 bits per heavy atom. The molecule has 0 aliphatic heterocycles. The maximum absolute atomic E-state index is 12.2. The van der Waals surface area contributed by atoms with Crippen LogP contribution >= 0.6 is 11.6 Å². The average Bonchev–Trinajstić information content (AvgIpc) is 2.66. The molecule has 0 amide bonds. The van der Waals surface area contributed by atoms with Crippen LogP contribution in [0.2, 0.25) is 5.02 Å². The largest absolute Gasteiger partial charge is 0.493 e. The second kappa shape index (κ2) is 9.25. The number of rotatable bonds is 7. The second-order valence-electron chi connectivity index (χ2n) is 5.20. The van der Waals surface area contributed by atoms with Gasteiger partial charge in [-0.15, -0.1) is 0 Å². The summed E-state index contributed by atoms with van der Waals surface area (Å²) in [5, 5.41) is 1.50. The normalized spacial score (nSPS) is 11.7. The van der Waals surface area contributed by atoms with Gasteiger partial charge in [-0.3, -0.25) is 0 Å². The predicted octanol–water partition coefficient (Wildman–Crippen LogP) is 3.91. The van der Waals surface area contributed by atoms with Gasteiger partial charge in [0.15, 0.2) is 11.5 Å². The number of ether oxygens (including phenoxy) is 2. The van der Waals surface area contributed by atoms with Crippen LogP contribution < -0.4 is 8.92 Å². The summed E-state index contributed by atoms with van der Waals surface area (Å²) in [6, 6.07) is 11.2. The maximum Gasteiger partial charge on any atom is 0.332 e. The molecule has 0 aliphatic rings. The number of benzene rings is 2. The van der Waals surface area contributed by atoms with E-state index in [1.807, 2.05) is 0 Å². The minimum absolute atomic E-state index is 0.0217. The molecular formula is C19H17ClO6S. The summed E-state index contributed by atoms with van der Waals surface area (Å²) < 4.78 is 39.1. The summed E-state index contributed by atoms with van der Waals surface area (Å²) in [6.45, 7) is 0. The molecule has 0 aliphatic carbocycles. The molecule has 0 heterocycles. The molecule has 0 unspecified atom stereocenters. The summed E-state index contributed by atoms with van der Waals surface area (Å²) in [4.78, 5) is 11.1. The van der Waals surface area contributed by atoms with Crippen molar-refractivity contribution in [3.05, 3.63) is 70.1 Å². The lowest BCUT2D eigenvalue weighted by atomic mass is 10.2. The standard InChI is InChI=1S/C19H17ClO6S/c1-24-18-13-15(6-10-19(21)25-2)5-9-17(18)26-27(22,23)12-11-14-3-7-16(20)8-4-14/h3-13H,1-2H3/b10-6+,12-11+. The van der Waals surface area contributed by atoms with Gasteiger partial charge in [0.05, 0.1) is 19.6 Å². The lowest BCUT2D eigenvalue weighted by Crippen LogP contribution is -2.06. The smallest absolute Gasteiger partial charge is 0.332 e. The van der Waals surface area contributed by atoms with Gasteiger partial charge < -0.3 is 13.7 Å². The van der Waals surface area contributed by atoms with Crippen molar-refractivity contribution in [3.63, 3.8) is 0 Å². The number of hydrogen-bond donors (Lipinski definition) is 0. The van der Waals surface area contributed by atoms with E-state index in [0.29, 0.717) is 16.1 Å². The fraction of sp³-hybridized carbons (Fsp3) is 0.105. The SMILES string of the molecule is COC(=O)/C=C/c1ccc(OS(=O)(=O)/C=C/c2ccc(Cl)cc2)c(OC)c1. The molecule has 142 valence electrons. The van der Waals surface area contributed by atoms with Crippen molar-refractivity contribution >= 4 is 39.8 Å². The molecule has 2 aromatic rings. The van der Waals surface area contributed by atoms with Gasteiger partial charge in [-0.25, -0.2) is 4.79 Å². The highest BCUT2D eigenvalue weighted by atomic mass is 35.5.